The highest BCUT2D eigenvalue weighted by atomic mass is 35.5. The molecule has 0 atom stereocenters. The van der Waals surface area contributed by atoms with Crippen molar-refractivity contribution in [3.8, 4) is 5.75 Å². The number of hydrogen-bond acceptors (Lipinski definition) is 5. The van der Waals surface area contributed by atoms with E-state index < -0.39 is 4.92 Å². The summed E-state index contributed by atoms with van der Waals surface area (Å²) in [5, 5.41) is 19.2. The van der Waals surface area contributed by atoms with Crippen molar-refractivity contribution in [3.05, 3.63) is 85.1 Å². The van der Waals surface area contributed by atoms with Crippen LogP contribution in [0.5, 0.6) is 5.75 Å². The highest BCUT2D eigenvalue weighted by Gasteiger charge is 2.16. The Hall–Kier alpha value is -3.10. The average molecular weight is 477 g/mol. The largest absolute Gasteiger partial charge is 0.482 e. The first-order valence-electron chi connectivity index (χ1n) is 9.89. The van der Waals surface area contributed by atoms with Gasteiger partial charge in [0, 0.05) is 24.7 Å². The molecule has 0 saturated carbocycles. The van der Waals surface area contributed by atoms with Gasteiger partial charge < -0.3 is 10.1 Å². The van der Waals surface area contributed by atoms with Crippen LogP contribution in [0.25, 0.3) is 0 Å². The summed E-state index contributed by atoms with van der Waals surface area (Å²) in [6.07, 6.45) is 0.628. The number of hydrogen-bond donors (Lipinski definition) is 1. The van der Waals surface area contributed by atoms with Crippen LogP contribution in [0, 0.1) is 24.0 Å². The minimum absolute atomic E-state index is 0.0901. The number of aryl methyl sites for hydroxylation is 3. The van der Waals surface area contributed by atoms with Crippen molar-refractivity contribution in [2.45, 2.75) is 33.4 Å². The van der Waals surface area contributed by atoms with Crippen molar-refractivity contribution in [2.75, 3.05) is 6.54 Å². The van der Waals surface area contributed by atoms with Gasteiger partial charge >= 0.3 is 5.69 Å². The van der Waals surface area contributed by atoms with E-state index in [0.717, 1.165) is 11.1 Å². The quantitative estimate of drug-likeness (QED) is 0.262. The molecule has 1 N–H and O–H groups in total. The molecule has 32 heavy (non-hydrogen) atoms. The maximum absolute atomic E-state index is 12.5. The van der Waals surface area contributed by atoms with Gasteiger partial charge in [-0.05, 0) is 49.6 Å². The summed E-state index contributed by atoms with van der Waals surface area (Å²) >= 11 is 12.1. The summed E-state index contributed by atoms with van der Waals surface area (Å²) in [6.45, 7) is 4.61. The van der Waals surface area contributed by atoms with Crippen LogP contribution in [0.3, 0.4) is 0 Å². The number of halogens is 2. The molecular weight excluding hydrogens is 455 g/mol. The lowest BCUT2D eigenvalue weighted by molar-refractivity contribution is -0.386. The molecule has 0 fully saturated rings. The van der Waals surface area contributed by atoms with E-state index in [-0.39, 0.29) is 24.0 Å². The molecular formula is C22H22Cl2N4O4. The third kappa shape index (κ3) is 5.77. The fourth-order valence-corrected chi connectivity index (χ4v) is 3.46. The van der Waals surface area contributed by atoms with Crippen molar-refractivity contribution in [1.29, 1.82) is 0 Å². The van der Waals surface area contributed by atoms with Gasteiger partial charge in [0.1, 0.15) is 16.8 Å². The van der Waals surface area contributed by atoms with E-state index in [4.69, 9.17) is 27.9 Å². The summed E-state index contributed by atoms with van der Waals surface area (Å²) < 4.78 is 7.24. The third-order valence-corrected chi connectivity index (χ3v) is 5.66. The normalized spacial score (nSPS) is 10.8. The smallest absolute Gasteiger partial charge is 0.311 e. The molecule has 0 bridgehead atoms. The molecule has 10 heteroatoms. The number of nitrogens with one attached hydrogen (secondary N) is 1. The Morgan fingerprint density at radius 3 is 2.69 bits per heavy atom. The summed E-state index contributed by atoms with van der Waals surface area (Å²) in [5.41, 5.74) is 2.54. The Bertz CT molecular complexity index is 1150. The Morgan fingerprint density at radius 2 is 2.00 bits per heavy atom. The zero-order chi connectivity index (χ0) is 23.3. The van der Waals surface area contributed by atoms with Crippen LogP contribution < -0.4 is 10.1 Å². The molecule has 8 nitrogen and oxygen atoms in total. The van der Waals surface area contributed by atoms with Crippen molar-refractivity contribution in [1.82, 2.24) is 15.1 Å². The Kier molecular flexibility index (Phi) is 7.71. The summed E-state index contributed by atoms with van der Waals surface area (Å²) in [5.74, 6) is -0.0444. The number of rotatable bonds is 9. The lowest BCUT2D eigenvalue weighted by Gasteiger charge is -2.10. The monoisotopic (exact) mass is 476 g/mol. The van der Waals surface area contributed by atoms with E-state index in [1.165, 1.54) is 6.07 Å². The van der Waals surface area contributed by atoms with Crippen molar-refractivity contribution >= 4 is 34.8 Å². The third-order valence-electron chi connectivity index (χ3n) is 4.72. The molecule has 0 aliphatic rings. The minimum atomic E-state index is -0.474. The van der Waals surface area contributed by atoms with Gasteiger partial charge in [0.15, 0.2) is 5.75 Å². The van der Waals surface area contributed by atoms with Crippen LogP contribution in [0.1, 0.15) is 33.6 Å². The molecule has 3 aromatic rings. The van der Waals surface area contributed by atoms with Crippen LogP contribution in [-0.2, 0) is 13.2 Å². The van der Waals surface area contributed by atoms with Crippen molar-refractivity contribution < 1.29 is 14.5 Å². The molecule has 3 rings (SSSR count). The Morgan fingerprint density at radius 1 is 1.22 bits per heavy atom. The van der Waals surface area contributed by atoms with E-state index in [9.17, 15) is 14.9 Å². The van der Waals surface area contributed by atoms with Gasteiger partial charge in [0.25, 0.3) is 5.91 Å². The maximum Gasteiger partial charge on any atom is 0.311 e. The van der Waals surface area contributed by atoms with Gasteiger partial charge in [-0.15, -0.1) is 0 Å². The fraction of sp³-hybridized carbons (Fsp3) is 0.273. The minimum Gasteiger partial charge on any atom is -0.482 e. The molecule has 0 aliphatic heterocycles. The maximum atomic E-state index is 12.5. The number of nitro benzene ring substituents is 1. The topological polar surface area (TPSA) is 99.3 Å². The molecule has 1 aromatic heterocycles. The van der Waals surface area contributed by atoms with Crippen LogP contribution in [0.15, 0.2) is 42.5 Å². The van der Waals surface area contributed by atoms with E-state index in [1.807, 2.05) is 0 Å². The van der Waals surface area contributed by atoms with Crippen molar-refractivity contribution in [3.63, 3.8) is 0 Å². The number of amides is 1. The molecule has 0 saturated heterocycles. The van der Waals surface area contributed by atoms with Gasteiger partial charge in [-0.25, -0.2) is 0 Å². The van der Waals surface area contributed by atoms with E-state index in [2.05, 4.69) is 10.4 Å². The van der Waals surface area contributed by atoms with Gasteiger partial charge in [0.05, 0.1) is 10.6 Å². The zero-order valence-corrected chi connectivity index (χ0v) is 19.1. The van der Waals surface area contributed by atoms with Gasteiger partial charge in [-0.2, -0.15) is 5.10 Å². The standard InChI is InChI=1S/C22H22Cl2N4O4/c1-14-7-8-19(18(11-14)28(30)31)32-13-16-5-3-6-17(12-16)22(29)25-9-4-10-27-21(24)20(23)15(2)26-27/h3,5-8,11-12H,4,9-10,13H2,1-2H3,(H,25,29). The predicted octanol–water partition coefficient (Wildman–Crippen LogP) is 5.11. The number of nitro groups is 1. The predicted molar refractivity (Wildman–Crippen MR) is 123 cm³/mol. The van der Waals surface area contributed by atoms with Crippen LogP contribution >= 0.6 is 23.2 Å². The summed E-state index contributed by atoms with van der Waals surface area (Å²) in [4.78, 5) is 23.2. The highest BCUT2D eigenvalue weighted by Crippen LogP contribution is 2.28. The summed E-state index contributed by atoms with van der Waals surface area (Å²) in [6, 6.07) is 11.7. The van der Waals surface area contributed by atoms with Crippen LogP contribution in [-0.4, -0.2) is 27.2 Å². The molecule has 0 spiro atoms. The fourth-order valence-electron chi connectivity index (χ4n) is 3.07. The number of carbonyl (C=O) groups excluding carboxylic acids is 1. The number of carbonyl (C=O) groups is 1. The molecule has 1 heterocycles. The summed E-state index contributed by atoms with van der Waals surface area (Å²) in [7, 11) is 0. The zero-order valence-electron chi connectivity index (χ0n) is 17.6. The van der Waals surface area contributed by atoms with Gasteiger partial charge in [0.2, 0.25) is 0 Å². The van der Waals surface area contributed by atoms with Crippen LogP contribution in [0.4, 0.5) is 5.69 Å². The lowest BCUT2D eigenvalue weighted by Crippen LogP contribution is -2.25. The Labute approximate surface area is 195 Å². The molecule has 2 aromatic carbocycles. The molecule has 0 radical (unpaired) electrons. The lowest BCUT2D eigenvalue weighted by atomic mass is 10.1. The first-order valence-corrected chi connectivity index (χ1v) is 10.6. The molecule has 168 valence electrons. The van der Waals surface area contributed by atoms with Crippen LogP contribution in [0.2, 0.25) is 10.2 Å². The number of benzene rings is 2. The SMILES string of the molecule is Cc1ccc(OCc2cccc(C(=O)NCCCn3nc(C)c(Cl)c3Cl)c2)c([N+](=O)[O-])c1. The first-order chi connectivity index (χ1) is 15.3. The second-order valence-electron chi connectivity index (χ2n) is 7.24. The molecule has 0 aliphatic carbocycles. The highest BCUT2D eigenvalue weighted by molar-refractivity contribution is 6.41. The second-order valence-corrected chi connectivity index (χ2v) is 7.98. The van der Waals surface area contributed by atoms with Gasteiger partial charge in [-0.3, -0.25) is 19.6 Å². The average Bonchev–Trinajstić information content (AvgIpc) is 3.02. The first kappa shape index (κ1) is 23.6. The number of ether oxygens (including phenoxy) is 1. The van der Waals surface area contributed by atoms with E-state index >= 15 is 0 Å². The van der Waals surface area contributed by atoms with E-state index in [1.54, 1.807) is 54.9 Å². The number of nitrogens with zero attached hydrogens (tertiary/aromatic N) is 3. The van der Waals surface area contributed by atoms with E-state index in [0.29, 0.717) is 40.9 Å². The Balaban J connectivity index is 1.54. The van der Waals surface area contributed by atoms with Crippen molar-refractivity contribution in [2.24, 2.45) is 0 Å². The second kappa shape index (κ2) is 10.5. The molecule has 0 unspecified atom stereocenters. The number of aromatic nitrogens is 2. The molecule has 1 amide bonds. The van der Waals surface area contributed by atoms with Gasteiger partial charge in [-0.1, -0.05) is 41.4 Å².